The van der Waals surface area contributed by atoms with Crippen LogP contribution in [0, 0.1) is 12.7 Å². The molecule has 19 heavy (non-hydrogen) atoms. The molecule has 0 unspecified atom stereocenters. The number of rotatable bonds is 2. The molecule has 0 atom stereocenters. The standard InChI is InChI=1S/C13H12BrClFN3/c1-6-2-3-7(14)4-10(6)19-13-9(18)5-8(17)11(15)12(13)16/h2-5,19H,17-18H2,1H3. The molecule has 0 heterocycles. The smallest absolute Gasteiger partial charge is 0.169 e. The second-order valence-corrected chi connectivity index (χ2v) is 5.44. The van der Waals surface area contributed by atoms with Crippen molar-refractivity contribution in [2.45, 2.75) is 6.92 Å². The number of hydrogen-bond donors (Lipinski definition) is 3. The molecule has 100 valence electrons. The zero-order valence-corrected chi connectivity index (χ0v) is 12.4. The van der Waals surface area contributed by atoms with Gasteiger partial charge in [0.15, 0.2) is 5.82 Å². The fourth-order valence-electron chi connectivity index (χ4n) is 1.66. The Balaban J connectivity index is 2.49. The summed E-state index contributed by atoms with van der Waals surface area (Å²) >= 11 is 9.15. The minimum Gasteiger partial charge on any atom is -0.397 e. The van der Waals surface area contributed by atoms with Gasteiger partial charge in [0.05, 0.1) is 17.1 Å². The SMILES string of the molecule is Cc1ccc(Br)cc1Nc1c(N)cc(N)c(Cl)c1F. The Morgan fingerprint density at radius 1 is 1.21 bits per heavy atom. The topological polar surface area (TPSA) is 64.1 Å². The van der Waals surface area contributed by atoms with E-state index >= 15 is 0 Å². The zero-order valence-electron chi connectivity index (χ0n) is 10.1. The van der Waals surface area contributed by atoms with Crippen LogP contribution in [0.3, 0.4) is 0 Å². The van der Waals surface area contributed by atoms with Gasteiger partial charge < -0.3 is 16.8 Å². The van der Waals surface area contributed by atoms with Crippen LogP contribution < -0.4 is 16.8 Å². The van der Waals surface area contributed by atoms with Crippen LogP contribution in [0.5, 0.6) is 0 Å². The molecular weight excluding hydrogens is 333 g/mol. The van der Waals surface area contributed by atoms with Crippen molar-refractivity contribution in [1.29, 1.82) is 0 Å². The molecule has 2 aromatic carbocycles. The monoisotopic (exact) mass is 343 g/mol. The van der Waals surface area contributed by atoms with Crippen LogP contribution in [0.4, 0.5) is 27.1 Å². The van der Waals surface area contributed by atoms with Crippen molar-refractivity contribution in [3.63, 3.8) is 0 Å². The van der Waals surface area contributed by atoms with Crippen LogP contribution >= 0.6 is 27.5 Å². The Morgan fingerprint density at radius 2 is 1.89 bits per heavy atom. The Hall–Kier alpha value is -1.46. The molecule has 2 rings (SSSR count). The van der Waals surface area contributed by atoms with Crippen LogP contribution in [-0.2, 0) is 0 Å². The van der Waals surface area contributed by atoms with Gasteiger partial charge in [0.1, 0.15) is 5.02 Å². The largest absolute Gasteiger partial charge is 0.397 e. The molecule has 3 nitrogen and oxygen atoms in total. The minimum atomic E-state index is -0.654. The first-order valence-corrected chi connectivity index (χ1v) is 6.63. The van der Waals surface area contributed by atoms with Crippen LogP contribution in [-0.4, -0.2) is 0 Å². The van der Waals surface area contributed by atoms with Gasteiger partial charge in [-0.15, -0.1) is 0 Å². The van der Waals surface area contributed by atoms with Gasteiger partial charge in [-0.05, 0) is 30.7 Å². The number of nitrogens with two attached hydrogens (primary N) is 2. The molecule has 0 saturated heterocycles. The van der Waals surface area contributed by atoms with E-state index in [0.29, 0.717) is 0 Å². The van der Waals surface area contributed by atoms with Gasteiger partial charge in [0, 0.05) is 10.2 Å². The van der Waals surface area contributed by atoms with Gasteiger partial charge in [-0.2, -0.15) is 0 Å². The van der Waals surface area contributed by atoms with E-state index in [-0.39, 0.29) is 22.1 Å². The summed E-state index contributed by atoms with van der Waals surface area (Å²) in [5, 5.41) is 2.81. The van der Waals surface area contributed by atoms with Crippen molar-refractivity contribution in [2.75, 3.05) is 16.8 Å². The first-order chi connectivity index (χ1) is 8.90. The molecule has 0 radical (unpaired) electrons. The highest BCUT2D eigenvalue weighted by atomic mass is 79.9. The third kappa shape index (κ3) is 2.77. The predicted molar refractivity (Wildman–Crippen MR) is 82.4 cm³/mol. The Kier molecular flexibility index (Phi) is 3.87. The zero-order chi connectivity index (χ0) is 14.2. The van der Waals surface area contributed by atoms with Gasteiger partial charge in [-0.1, -0.05) is 33.6 Å². The van der Waals surface area contributed by atoms with E-state index in [9.17, 15) is 4.39 Å². The second kappa shape index (κ2) is 5.27. The van der Waals surface area contributed by atoms with E-state index in [1.54, 1.807) is 0 Å². The lowest BCUT2D eigenvalue weighted by molar-refractivity contribution is 0.633. The number of benzene rings is 2. The van der Waals surface area contributed by atoms with Crippen molar-refractivity contribution < 1.29 is 4.39 Å². The molecule has 2 aromatic rings. The predicted octanol–water partition coefficient (Wildman–Crippen LogP) is 4.46. The van der Waals surface area contributed by atoms with Crippen LogP contribution in [0.1, 0.15) is 5.56 Å². The summed E-state index contributed by atoms with van der Waals surface area (Å²) < 4.78 is 15.0. The summed E-state index contributed by atoms with van der Waals surface area (Å²) in [6.45, 7) is 1.90. The summed E-state index contributed by atoms with van der Waals surface area (Å²) in [4.78, 5) is 0. The first-order valence-electron chi connectivity index (χ1n) is 5.46. The third-order valence-corrected chi connectivity index (χ3v) is 3.60. The third-order valence-electron chi connectivity index (χ3n) is 2.72. The van der Waals surface area contributed by atoms with E-state index in [4.69, 9.17) is 23.1 Å². The van der Waals surface area contributed by atoms with Crippen molar-refractivity contribution in [2.24, 2.45) is 0 Å². The van der Waals surface area contributed by atoms with Crippen molar-refractivity contribution in [1.82, 2.24) is 0 Å². The molecule has 5 N–H and O–H groups in total. The van der Waals surface area contributed by atoms with Crippen LogP contribution in [0.25, 0.3) is 0 Å². The van der Waals surface area contributed by atoms with E-state index in [1.165, 1.54) is 6.07 Å². The van der Waals surface area contributed by atoms with Crippen LogP contribution in [0.2, 0.25) is 5.02 Å². The highest BCUT2D eigenvalue weighted by Gasteiger charge is 2.15. The molecule has 6 heteroatoms. The number of anilines is 4. The quantitative estimate of drug-likeness (QED) is 0.705. The Morgan fingerprint density at radius 3 is 2.58 bits per heavy atom. The molecule has 0 aromatic heterocycles. The Labute approximate surface area is 123 Å². The summed E-state index contributed by atoms with van der Waals surface area (Å²) in [6.07, 6.45) is 0. The number of halogens is 3. The number of nitrogens with one attached hydrogen (secondary N) is 1. The van der Waals surface area contributed by atoms with Crippen molar-refractivity contribution in [3.8, 4) is 0 Å². The lowest BCUT2D eigenvalue weighted by atomic mass is 10.1. The minimum absolute atomic E-state index is 0.119. The maximum Gasteiger partial charge on any atom is 0.169 e. The molecule has 0 aliphatic heterocycles. The normalized spacial score (nSPS) is 10.5. The molecule has 0 aliphatic rings. The lowest BCUT2D eigenvalue weighted by Crippen LogP contribution is -2.03. The van der Waals surface area contributed by atoms with Crippen molar-refractivity contribution in [3.05, 3.63) is 45.1 Å². The summed E-state index contributed by atoms with van der Waals surface area (Å²) in [7, 11) is 0. The lowest BCUT2D eigenvalue weighted by Gasteiger charge is -2.15. The van der Waals surface area contributed by atoms with Gasteiger partial charge in [0.25, 0.3) is 0 Å². The molecular formula is C13H12BrClFN3. The van der Waals surface area contributed by atoms with E-state index in [1.807, 2.05) is 25.1 Å². The number of hydrogen-bond acceptors (Lipinski definition) is 3. The average molecular weight is 345 g/mol. The molecule has 0 aliphatic carbocycles. The highest BCUT2D eigenvalue weighted by molar-refractivity contribution is 9.10. The number of nitrogen functional groups attached to an aromatic ring is 2. The van der Waals surface area contributed by atoms with Crippen molar-refractivity contribution >= 4 is 50.3 Å². The second-order valence-electron chi connectivity index (χ2n) is 4.14. The molecule has 0 fully saturated rings. The van der Waals surface area contributed by atoms with E-state index < -0.39 is 5.82 Å². The first kappa shape index (κ1) is 14.0. The molecule has 0 bridgehead atoms. The molecule has 0 spiro atoms. The fraction of sp³-hybridized carbons (Fsp3) is 0.0769. The fourth-order valence-corrected chi connectivity index (χ4v) is 2.17. The Bertz CT molecular complexity index is 646. The summed E-state index contributed by atoms with van der Waals surface area (Å²) in [6, 6.07) is 7.06. The van der Waals surface area contributed by atoms with Crippen LogP contribution in [0.15, 0.2) is 28.7 Å². The maximum atomic E-state index is 14.1. The van der Waals surface area contributed by atoms with Gasteiger partial charge >= 0.3 is 0 Å². The number of aryl methyl sites for hydroxylation is 1. The van der Waals surface area contributed by atoms with E-state index in [0.717, 1.165) is 15.7 Å². The van der Waals surface area contributed by atoms with Gasteiger partial charge in [0.2, 0.25) is 0 Å². The maximum absolute atomic E-state index is 14.1. The molecule has 0 saturated carbocycles. The van der Waals surface area contributed by atoms with Gasteiger partial charge in [-0.25, -0.2) is 4.39 Å². The highest BCUT2D eigenvalue weighted by Crippen LogP contribution is 2.36. The van der Waals surface area contributed by atoms with Gasteiger partial charge in [-0.3, -0.25) is 0 Å². The van der Waals surface area contributed by atoms with E-state index in [2.05, 4.69) is 21.2 Å². The average Bonchev–Trinajstić information content (AvgIpc) is 2.36. The summed E-state index contributed by atoms with van der Waals surface area (Å²) in [5.74, 6) is -0.654. The molecule has 0 amide bonds. The summed E-state index contributed by atoms with van der Waals surface area (Å²) in [5.41, 5.74) is 13.5.